The number of nitrogens with zero attached hydrogens (tertiary/aromatic N) is 5. The highest BCUT2D eigenvalue weighted by molar-refractivity contribution is 6.25. The molecule has 8 aromatic carbocycles. The van der Waals surface area contributed by atoms with Crippen molar-refractivity contribution in [3.63, 3.8) is 0 Å². The van der Waals surface area contributed by atoms with Crippen LogP contribution in [0.1, 0.15) is 27.7 Å². The van der Waals surface area contributed by atoms with Gasteiger partial charge in [-0.15, -0.1) is 0 Å². The van der Waals surface area contributed by atoms with Gasteiger partial charge in [-0.25, -0.2) is 9.97 Å². The molecule has 0 aliphatic carbocycles. The standard InChI is InChI=1S/C53H31N5.2C2H6/c1-2-13-38-32(10-1)11-7-16-39(38)47-30-46(55-53(56-47)34-12-9-25-54-31-34)33-21-23-37(24-22-33)57-48-19-5-4-15-41(48)44-26-35-29-51-45(27-36(35)28-50(44)57)43-18-8-17-42-40-14-3-6-20-49(40)58(51)52(42)43;2*1-2/h1-31H;2*1-2H3. The second kappa shape index (κ2) is 15.0. The lowest BCUT2D eigenvalue weighted by Gasteiger charge is -2.12. The van der Waals surface area contributed by atoms with E-state index in [2.05, 4.69) is 178 Å². The lowest BCUT2D eigenvalue weighted by Crippen LogP contribution is -1.97. The number of rotatable bonds is 4. The number of hydrogen-bond donors (Lipinski definition) is 0. The van der Waals surface area contributed by atoms with Gasteiger partial charge < -0.3 is 8.97 Å². The third kappa shape index (κ3) is 5.66. The van der Waals surface area contributed by atoms with Gasteiger partial charge in [-0.3, -0.25) is 4.98 Å². The average molecular weight is 798 g/mol. The summed E-state index contributed by atoms with van der Waals surface area (Å²) in [7, 11) is 0. The molecule has 5 heterocycles. The van der Waals surface area contributed by atoms with E-state index in [9.17, 15) is 0 Å². The molecule has 0 atom stereocenters. The zero-order valence-corrected chi connectivity index (χ0v) is 35.1. The number of benzene rings is 8. The van der Waals surface area contributed by atoms with E-state index in [0.29, 0.717) is 5.82 Å². The summed E-state index contributed by atoms with van der Waals surface area (Å²) in [5.74, 6) is 0.649. The third-order valence-corrected chi connectivity index (χ3v) is 12.1. The van der Waals surface area contributed by atoms with Crippen molar-refractivity contribution in [3.8, 4) is 39.6 Å². The Bertz CT molecular complexity index is 3780. The maximum atomic E-state index is 5.12. The topological polar surface area (TPSA) is 48.0 Å². The van der Waals surface area contributed by atoms with Gasteiger partial charge in [0, 0.05) is 67.1 Å². The quantitative estimate of drug-likeness (QED) is 0.178. The van der Waals surface area contributed by atoms with E-state index in [-0.39, 0.29) is 0 Å². The molecule has 0 radical (unpaired) electrons. The van der Waals surface area contributed by atoms with Gasteiger partial charge in [-0.2, -0.15) is 0 Å². The summed E-state index contributed by atoms with van der Waals surface area (Å²) in [6.07, 6.45) is 3.61. The first-order valence-corrected chi connectivity index (χ1v) is 21.7. The van der Waals surface area contributed by atoms with E-state index < -0.39 is 0 Å². The van der Waals surface area contributed by atoms with Crippen LogP contribution >= 0.6 is 0 Å². The van der Waals surface area contributed by atoms with Gasteiger partial charge in [0.2, 0.25) is 0 Å². The minimum atomic E-state index is 0.649. The summed E-state index contributed by atoms with van der Waals surface area (Å²) in [5, 5.41) is 12.4. The van der Waals surface area contributed by atoms with E-state index in [0.717, 1.165) is 39.2 Å². The zero-order chi connectivity index (χ0) is 41.9. The summed E-state index contributed by atoms with van der Waals surface area (Å²) >= 11 is 0. The fraction of sp³-hybridized carbons (Fsp3) is 0.0702. The average Bonchev–Trinajstić information content (AvgIpc) is 3.98. The maximum absolute atomic E-state index is 5.12. The minimum Gasteiger partial charge on any atom is -0.309 e. The predicted molar refractivity (Wildman–Crippen MR) is 263 cm³/mol. The molecule has 0 saturated carbocycles. The summed E-state index contributed by atoms with van der Waals surface area (Å²) < 4.78 is 4.87. The Balaban J connectivity index is 0.00000105. The molecule has 0 bridgehead atoms. The van der Waals surface area contributed by atoms with Crippen LogP contribution in [-0.4, -0.2) is 23.9 Å². The molecule has 13 rings (SSSR count). The van der Waals surface area contributed by atoms with Gasteiger partial charge in [0.25, 0.3) is 0 Å². The number of hydrogen-bond acceptors (Lipinski definition) is 3. The summed E-state index contributed by atoms with van der Waals surface area (Å²) in [6, 6.07) is 63.5. The number of fused-ring (bicyclic) bond motifs is 11. The monoisotopic (exact) mass is 797 g/mol. The molecule has 0 spiro atoms. The molecule has 13 aromatic rings. The van der Waals surface area contributed by atoms with Crippen molar-refractivity contribution in [3.05, 3.63) is 188 Å². The van der Waals surface area contributed by atoms with Gasteiger partial charge in [0.05, 0.1) is 39.0 Å². The second-order valence-electron chi connectivity index (χ2n) is 15.3. The summed E-state index contributed by atoms with van der Waals surface area (Å²) in [6.45, 7) is 8.00. The minimum absolute atomic E-state index is 0.649. The van der Waals surface area contributed by atoms with Crippen LogP contribution in [0.15, 0.2) is 188 Å². The number of pyridine rings is 1. The van der Waals surface area contributed by atoms with Crippen molar-refractivity contribution in [1.29, 1.82) is 0 Å². The van der Waals surface area contributed by atoms with Crippen molar-refractivity contribution in [2.75, 3.05) is 0 Å². The Morgan fingerprint density at radius 2 is 0.984 bits per heavy atom. The van der Waals surface area contributed by atoms with Crippen LogP contribution in [0.25, 0.3) is 121 Å². The Labute approximate surface area is 359 Å². The molecule has 0 N–H and O–H groups in total. The van der Waals surface area contributed by atoms with E-state index in [1.54, 1.807) is 6.20 Å². The Kier molecular flexibility index (Phi) is 8.97. The highest BCUT2D eigenvalue weighted by Crippen LogP contribution is 2.42. The van der Waals surface area contributed by atoms with E-state index in [4.69, 9.17) is 9.97 Å². The molecule has 5 nitrogen and oxygen atoms in total. The van der Waals surface area contributed by atoms with Crippen LogP contribution in [0.4, 0.5) is 0 Å². The molecule has 0 fully saturated rings. The first-order valence-electron chi connectivity index (χ1n) is 21.7. The van der Waals surface area contributed by atoms with Gasteiger partial charge in [0.1, 0.15) is 0 Å². The molecule has 0 saturated heterocycles. The highest BCUT2D eigenvalue weighted by Gasteiger charge is 2.20. The van der Waals surface area contributed by atoms with Crippen LogP contribution in [0.3, 0.4) is 0 Å². The lowest BCUT2D eigenvalue weighted by atomic mass is 10.0. The number of aromatic nitrogens is 5. The normalized spacial score (nSPS) is 11.5. The maximum Gasteiger partial charge on any atom is 0.161 e. The molecule has 0 unspecified atom stereocenters. The largest absolute Gasteiger partial charge is 0.309 e. The lowest BCUT2D eigenvalue weighted by molar-refractivity contribution is 1.16. The number of para-hydroxylation sites is 3. The molecular weight excluding hydrogens is 755 g/mol. The van der Waals surface area contributed by atoms with E-state index >= 15 is 0 Å². The molecule has 62 heavy (non-hydrogen) atoms. The van der Waals surface area contributed by atoms with Crippen molar-refractivity contribution in [2.45, 2.75) is 27.7 Å². The van der Waals surface area contributed by atoms with Crippen molar-refractivity contribution < 1.29 is 0 Å². The summed E-state index contributed by atoms with van der Waals surface area (Å²) in [4.78, 5) is 14.6. The molecular formula is C57H43N5. The van der Waals surface area contributed by atoms with Gasteiger partial charge >= 0.3 is 0 Å². The van der Waals surface area contributed by atoms with Crippen LogP contribution in [0.5, 0.6) is 0 Å². The second-order valence-corrected chi connectivity index (χ2v) is 15.3. The molecule has 0 amide bonds. The van der Waals surface area contributed by atoms with Crippen molar-refractivity contribution >= 4 is 81.4 Å². The fourth-order valence-corrected chi connectivity index (χ4v) is 9.50. The van der Waals surface area contributed by atoms with E-state index in [1.165, 1.54) is 76.1 Å². The van der Waals surface area contributed by atoms with E-state index in [1.807, 2.05) is 46.0 Å². The van der Waals surface area contributed by atoms with Crippen molar-refractivity contribution in [2.24, 2.45) is 0 Å². The van der Waals surface area contributed by atoms with Crippen LogP contribution in [0, 0.1) is 0 Å². The molecule has 5 aromatic heterocycles. The Morgan fingerprint density at radius 1 is 0.387 bits per heavy atom. The fourth-order valence-electron chi connectivity index (χ4n) is 9.50. The van der Waals surface area contributed by atoms with Crippen LogP contribution < -0.4 is 0 Å². The molecule has 5 heteroatoms. The van der Waals surface area contributed by atoms with Crippen LogP contribution in [0.2, 0.25) is 0 Å². The summed E-state index contributed by atoms with van der Waals surface area (Å²) in [5.41, 5.74) is 12.0. The molecule has 0 aliphatic heterocycles. The smallest absolute Gasteiger partial charge is 0.161 e. The van der Waals surface area contributed by atoms with Crippen molar-refractivity contribution in [1.82, 2.24) is 23.9 Å². The predicted octanol–water partition coefficient (Wildman–Crippen LogP) is 15.5. The molecule has 0 aliphatic rings. The van der Waals surface area contributed by atoms with Gasteiger partial charge in [0.15, 0.2) is 5.82 Å². The SMILES string of the molecule is CC.CC.c1cncc(-c2nc(-c3ccc(-n4c5ccccc5c5cc6cc7c(cc6cc54)c4cccc5c6ccccc6n7c54)cc3)cc(-c3cccc4ccccc34)n2)c1. The zero-order valence-electron chi connectivity index (χ0n) is 35.1. The van der Waals surface area contributed by atoms with Gasteiger partial charge in [-0.1, -0.05) is 137 Å². The first-order chi connectivity index (χ1) is 30.7. The Hall–Kier alpha value is -7.89. The first kappa shape index (κ1) is 37.1. The van der Waals surface area contributed by atoms with Crippen LogP contribution in [-0.2, 0) is 0 Å². The van der Waals surface area contributed by atoms with Gasteiger partial charge in [-0.05, 0) is 88.3 Å². The Morgan fingerprint density at radius 3 is 1.74 bits per heavy atom. The highest BCUT2D eigenvalue weighted by atomic mass is 15.0. The third-order valence-electron chi connectivity index (χ3n) is 12.1. The molecule has 296 valence electrons.